The van der Waals surface area contributed by atoms with Crippen molar-refractivity contribution in [3.05, 3.63) is 83.9 Å². The third-order valence-corrected chi connectivity index (χ3v) is 5.33. The molecule has 0 spiro atoms. The number of benzene rings is 3. The fraction of sp³-hybridized carbons (Fsp3) is 0.0909. The number of carbonyl (C=O) groups excluding carboxylic acids is 1. The van der Waals surface area contributed by atoms with Gasteiger partial charge in [0.25, 0.3) is 0 Å². The largest absolute Gasteiger partial charge is 0.377 e. The molecule has 4 rings (SSSR count). The van der Waals surface area contributed by atoms with Gasteiger partial charge in [0.1, 0.15) is 5.01 Å². The van der Waals surface area contributed by atoms with E-state index in [0.717, 1.165) is 37.6 Å². The first kappa shape index (κ1) is 16.5. The van der Waals surface area contributed by atoms with Gasteiger partial charge < -0.3 is 5.32 Å². The molecule has 3 aromatic carbocycles. The second-order valence-electron chi connectivity index (χ2n) is 6.18. The summed E-state index contributed by atoms with van der Waals surface area (Å²) >= 11 is 1.66. The zero-order chi connectivity index (χ0) is 17.9. The average Bonchev–Trinajstić information content (AvgIpc) is 3.11. The highest BCUT2D eigenvalue weighted by atomic mass is 32.1. The van der Waals surface area contributed by atoms with Crippen molar-refractivity contribution in [1.82, 2.24) is 4.98 Å². The summed E-state index contributed by atoms with van der Waals surface area (Å²) in [5, 5.41) is 4.24. The second kappa shape index (κ2) is 7.10. The van der Waals surface area contributed by atoms with Gasteiger partial charge in [0.15, 0.2) is 5.78 Å². The van der Waals surface area contributed by atoms with Crippen LogP contribution in [0.4, 0.5) is 5.69 Å². The molecule has 3 nitrogen and oxygen atoms in total. The van der Waals surface area contributed by atoms with Crippen LogP contribution in [-0.2, 0) is 0 Å². The highest BCUT2D eigenvalue weighted by molar-refractivity contribution is 7.21. The third kappa shape index (κ3) is 3.37. The average molecular weight is 358 g/mol. The van der Waals surface area contributed by atoms with Gasteiger partial charge in [-0.1, -0.05) is 54.1 Å². The molecule has 0 saturated carbocycles. The number of nitrogens with zero attached hydrogens (tertiary/aromatic N) is 1. The van der Waals surface area contributed by atoms with Crippen molar-refractivity contribution < 1.29 is 4.79 Å². The number of para-hydroxylation sites is 2. The number of Topliss-reactive ketones (excluding diaryl/α,β-unsaturated/α-hetero) is 1. The number of aryl methyl sites for hydroxylation is 1. The van der Waals surface area contributed by atoms with Crippen LogP contribution in [0.1, 0.15) is 15.9 Å². The number of hydrogen-bond acceptors (Lipinski definition) is 4. The normalized spacial score (nSPS) is 10.8. The highest BCUT2D eigenvalue weighted by Gasteiger charge is 2.11. The van der Waals surface area contributed by atoms with E-state index >= 15 is 0 Å². The predicted molar refractivity (Wildman–Crippen MR) is 109 cm³/mol. The Hall–Kier alpha value is -2.98. The minimum Gasteiger partial charge on any atom is -0.377 e. The number of aromatic nitrogens is 1. The number of nitrogens with one attached hydrogen (secondary N) is 1. The van der Waals surface area contributed by atoms with Crippen LogP contribution in [0.15, 0.2) is 72.8 Å². The molecule has 26 heavy (non-hydrogen) atoms. The first-order valence-corrected chi connectivity index (χ1v) is 9.31. The number of thiazole rings is 1. The van der Waals surface area contributed by atoms with Crippen molar-refractivity contribution in [3.8, 4) is 10.6 Å². The number of rotatable bonds is 5. The van der Waals surface area contributed by atoms with Gasteiger partial charge in [0, 0.05) is 16.8 Å². The molecule has 1 heterocycles. The number of carbonyl (C=O) groups is 1. The SMILES string of the molecule is Cc1ccc(C(=O)CNc2ccccc2-c2nc3ccccc3s2)cc1. The lowest BCUT2D eigenvalue weighted by atomic mass is 10.1. The highest BCUT2D eigenvalue weighted by Crippen LogP contribution is 2.34. The van der Waals surface area contributed by atoms with E-state index in [9.17, 15) is 4.79 Å². The molecule has 0 bridgehead atoms. The first-order chi connectivity index (χ1) is 12.7. The van der Waals surface area contributed by atoms with Crippen LogP contribution in [0.3, 0.4) is 0 Å². The van der Waals surface area contributed by atoms with Gasteiger partial charge >= 0.3 is 0 Å². The van der Waals surface area contributed by atoms with E-state index < -0.39 is 0 Å². The van der Waals surface area contributed by atoms with E-state index in [-0.39, 0.29) is 12.3 Å². The maximum Gasteiger partial charge on any atom is 0.181 e. The molecule has 0 aliphatic carbocycles. The summed E-state index contributed by atoms with van der Waals surface area (Å²) in [6, 6.07) is 23.8. The summed E-state index contributed by atoms with van der Waals surface area (Å²) in [4.78, 5) is 17.2. The van der Waals surface area contributed by atoms with Crippen molar-refractivity contribution in [3.63, 3.8) is 0 Å². The Morgan fingerprint density at radius 2 is 1.69 bits per heavy atom. The quantitative estimate of drug-likeness (QED) is 0.474. The molecule has 0 amide bonds. The van der Waals surface area contributed by atoms with E-state index in [1.165, 1.54) is 0 Å². The molecule has 0 aliphatic rings. The van der Waals surface area contributed by atoms with Gasteiger partial charge in [0.2, 0.25) is 0 Å². The van der Waals surface area contributed by atoms with Gasteiger partial charge in [-0.25, -0.2) is 4.98 Å². The number of hydrogen-bond donors (Lipinski definition) is 1. The second-order valence-corrected chi connectivity index (χ2v) is 7.21. The number of anilines is 1. The Morgan fingerprint density at radius 1 is 0.962 bits per heavy atom. The van der Waals surface area contributed by atoms with Crippen LogP contribution >= 0.6 is 11.3 Å². The number of ketones is 1. The monoisotopic (exact) mass is 358 g/mol. The Bertz CT molecular complexity index is 1030. The molecule has 4 heteroatoms. The molecule has 0 fully saturated rings. The molecule has 0 saturated heterocycles. The minimum atomic E-state index is 0.0732. The van der Waals surface area contributed by atoms with E-state index in [4.69, 9.17) is 4.98 Å². The summed E-state index contributed by atoms with van der Waals surface area (Å²) in [7, 11) is 0. The molecule has 4 aromatic rings. The summed E-state index contributed by atoms with van der Waals surface area (Å²) in [5.41, 5.74) is 4.81. The summed E-state index contributed by atoms with van der Waals surface area (Å²) < 4.78 is 1.16. The summed E-state index contributed by atoms with van der Waals surface area (Å²) in [6.45, 7) is 2.27. The fourth-order valence-corrected chi connectivity index (χ4v) is 3.83. The summed E-state index contributed by atoms with van der Waals surface area (Å²) in [6.07, 6.45) is 0. The van der Waals surface area contributed by atoms with Gasteiger partial charge in [-0.2, -0.15) is 0 Å². The van der Waals surface area contributed by atoms with Crippen LogP contribution in [0.5, 0.6) is 0 Å². The lowest BCUT2D eigenvalue weighted by Crippen LogP contribution is -2.14. The van der Waals surface area contributed by atoms with E-state index in [1.54, 1.807) is 11.3 Å². The molecule has 0 aliphatic heterocycles. The molecular weight excluding hydrogens is 340 g/mol. The fourth-order valence-electron chi connectivity index (χ4n) is 2.83. The van der Waals surface area contributed by atoms with E-state index in [0.29, 0.717) is 0 Å². The lowest BCUT2D eigenvalue weighted by Gasteiger charge is -2.10. The molecular formula is C22H18N2OS. The zero-order valence-corrected chi connectivity index (χ0v) is 15.2. The molecule has 1 aromatic heterocycles. The van der Waals surface area contributed by atoms with Gasteiger partial charge in [-0.05, 0) is 31.2 Å². The standard InChI is InChI=1S/C22H18N2OS/c1-15-10-12-16(13-11-15)20(25)14-23-18-7-3-2-6-17(18)22-24-19-8-4-5-9-21(19)26-22/h2-13,23H,14H2,1H3. The minimum absolute atomic E-state index is 0.0732. The van der Waals surface area contributed by atoms with Crippen LogP contribution in [-0.4, -0.2) is 17.3 Å². The molecule has 0 unspecified atom stereocenters. The number of fused-ring (bicyclic) bond motifs is 1. The molecule has 128 valence electrons. The third-order valence-electron chi connectivity index (χ3n) is 4.26. The smallest absolute Gasteiger partial charge is 0.181 e. The molecule has 0 atom stereocenters. The van der Waals surface area contributed by atoms with Crippen LogP contribution in [0.25, 0.3) is 20.8 Å². The Labute approximate surface area is 156 Å². The van der Waals surface area contributed by atoms with Crippen LogP contribution in [0, 0.1) is 6.92 Å². The Balaban J connectivity index is 1.58. The van der Waals surface area contributed by atoms with Crippen molar-refractivity contribution in [2.45, 2.75) is 6.92 Å². The van der Waals surface area contributed by atoms with Crippen LogP contribution < -0.4 is 5.32 Å². The Kier molecular flexibility index (Phi) is 4.50. The van der Waals surface area contributed by atoms with Crippen molar-refractivity contribution >= 4 is 33.0 Å². The van der Waals surface area contributed by atoms with E-state index in [1.807, 2.05) is 73.7 Å². The predicted octanol–water partition coefficient (Wildman–Crippen LogP) is 5.57. The first-order valence-electron chi connectivity index (χ1n) is 8.49. The molecule has 0 radical (unpaired) electrons. The lowest BCUT2D eigenvalue weighted by molar-refractivity contribution is 0.101. The Morgan fingerprint density at radius 3 is 2.50 bits per heavy atom. The maximum atomic E-state index is 12.4. The van der Waals surface area contributed by atoms with Crippen LogP contribution in [0.2, 0.25) is 0 Å². The van der Waals surface area contributed by atoms with Gasteiger partial charge in [-0.15, -0.1) is 11.3 Å². The van der Waals surface area contributed by atoms with E-state index in [2.05, 4.69) is 11.4 Å². The van der Waals surface area contributed by atoms with Crippen molar-refractivity contribution in [2.24, 2.45) is 0 Å². The van der Waals surface area contributed by atoms with Crippen molar-refractivity contribution in [2.75, 3.05) is 11.9 Å². The van der Waals surface area contributed by atoms with Gasteiger partial charge in [0.05, 0.1) is 16.8 Å². The zero-order valence-electron chi connectivity index (χ0n) is 14.4. The molecule has 1 N–H and O–H groups in total. The van der Waals surface area contributed by atoms with Crippen molar-refractivity contribution in [1.29, 1.82) is 0 Å². The maximum absolute atomic E-state index is 12.4. The topological polar surface area (TPSA) is 42.0 Å². The summed E-state index contributed by atoms with van der Waals surface area (Å²) in [5.74, 6) is 0.0732. The van der Waals surface area contributed by atoms with Gasteiger partial charge in [-0.3, -0.25) is 4.79 Å².